The fourth-order valence-electron chi connectivity index (χ4n) is 1.27. The molecule has 1 aliphatic heterocycles. The summed E-state index contributed by atoms with van der Waals surface area (Å²) in [5.74, 6) is -2.54. The Morgan fingerprint density at radius 1 is 1.55 bits per heavy atom. The number of likely N-dealkylation sites (tertiary alicyclic amines) is 1. The predicted molar refractivity (Wildman–Crippen MR) is 39.9 cm³/mol. The summed E-state index contributed by atoms with van der Waals surface area (Å²) in [6.45, 7) is 2.35. The number of alkyl halides is 2. The Morgan fingerprint density at radius 2 is 2.09 bits per heavy atom. The van der Waals surface area contributed by atoms with Gasteiger partial charge in [-0.05, 0) is 7.05 Å². The van der Waals surface area contributed by atoms with Crippen molar-refractivity contribution in [1.82, 2.24) is 10.2 Å². The maximum Gasteiger partial charge on any atom is 0.257 e. The molecule has 0 radical (unpaired) electrons. The molecule has 11 heavy (non-hydrogen) atoms. The molecule has 0 spiro atoms. The molecule has 0 saturated carbocycles. The molecule has 1 saturated heterocycles. The Kier molecular flexibility index (Phi) is 2.44. The van der Waals surface area contributed by atoms with E-state index in [9.17, 15) is 8.78 Å². The minimum absolute atomic E-state index is 0.106. The van der Waals surface area contributed by atoms with Crippen LogP contribution in [0.1, 0.15) is 6.92 Å². The van der Waals surface area contributed by atoms with Gasteiger partial charge in [-0.3, -0.25) is 4.90 Å². The largest absolute Gasteiger partial charge is 0.315 e. The van der Waals surface area contributed by atoms with Gasteiger partial charge in [-0.1, -0.05) is 0 Å². The van der Waals surface area contributed by atoms with E-state index in [0.717, 1.165) is 20.0 Å². The number of rotatable bonds is 3. The van der Waals surface area contributed by atoms with Gasteiger partial charge < -0.3 is 5.32 Å². The van der Waals surface area contributed by atoms with Gasteiger partial charge in [0.05, 0.1) is 6.54 Å². The Hall–Kier alpha value is -0.220. The van der Waals surface area contributed by atoms with Gasteiger partial charge in [-0.15, -0.1) is 0 Å². The van der Waals surface area contributed by atoms with Crippen LogP contribution in [0.3, 0.4) is 0 Å². The number of halogens is 2. The first kappa shape index (κ1) is 8.87. The fourth-order valence-corrected chi connectivity index (χ4v) is 1.27. The summed E-state index contributed by atoms with van der Waals surface area (Å²) in [6, 6.07) is 0.414. The van der Waals surface area contributed by atoms with Crippen LogP contribution in [0.25, 0.3) is 0 Å². The van der Waals surface area contributed by atoms with Crippen LogP contribution in [0.2, 0.25) is 0 Å². The zero-order chi connectivity index (χ0) is 8.48. The van der Waals surface area contributed by atoms with Crippen molar-refractivity contribution in [3.63, 3.8) is 0 Å². The average molecular weight is 164 g/mol. The number of likely N-dealkylation sites (N-methyl/N-ethyl adjacent to an activating group) is 1. The molecule has 4 heteroatoms. The zero-order valence-corrected chi connectivity index (χ0v) is 6.90. The summed E-state index contributed by atoms with van der Waals surface area (Å²) >= 11 is 0. The van der Waals surface area contributed by atoms with E-state index in [-0.39, 0.29) is 6.54 Å². The molecule has 0 atom stereocenters. The Bertz CT molecular complexity index is 127. The van der Waals surface area contributed by atoms with Crippen LogP contribution >= 0.6 is 0 Å². The minimum atomic E-state index is -2.54. The van der Waals surface area contributed by atoms with Gasteiger partial charge >= 0.3 is 0 Å². The number of hydrogen-bond acceptors (Lipinski definition) is 2. The van der Waals surface area contributed by atoms with Gasteiger partial charge in [0.15, 0.2) is 0 Å². The summed E-state index contributed by atoms with van der Waals surface area (Å²) < 4.78 is 24.7. The monoisotopic (exact) mass is 164 g/mol. The lowest BCUT2D eigenvalue weighted by atomic mass is 10.1. The highest BCUT2D eigenvalue weighted by atomic mass is 19.3. The van der Waals surface area contributed by atoms with E-state index in [1.807, 2.05) is 7.05 Å². The lowest BCUT2D eigenvalue weighted by Gasteiger charge is -2.40. The number of hydrogen-bond donors (Lipinski definition) is 1. The summed E-state index contributed by atoms with van der Waals surface area (Å²) in [7, 11) is 1.85. The van der Waals surface area contributed by atoms with Crippen LogP contribution in [-0.2, 0) is 0 Å². The van der Waals surface area contributed by atoms with Crippen molar-refractivity contribution < 1.29 is 8.78 Å². The fraction of sp³-hybridized carbons (Fsp3) is 1.00. The number of nitrogens with one attached hydrogen (secondary N) is 1. The van der Waals surface area contributed by atoms with E-state index in [2.05, 4.69) is 5.32 Å². The van der Waals surface area contributed by atoms with E-state index < -0.39 is 5.92 Å². The lowest BCUT2D eigenvalue weighted by Crippen LogP contribution is -2.59. The summed E-state index contributed by atoms with van der Waals surface area (Å²) in [5, 5.41) is 3.03. The minimum Gasteiger partial charge on any atom is -0.315 e. The third-order valence-corrected chi connectivity index (χ3v) is 1.87. The SMILES string of the molecule is CNC1CN(CC(C)(F)F)C1. The summed E-state index contributed by atoms with van der Waals surface area (Å²) in [5.41, 5.74) is 0. The molecule has 0 unspecified atom stereocenters. The molecule has 66 valence electrons. The standard InChI is InChI=1S/C7H14F2N2/c1-7(8,9)5-11-3-6(4-11)10-2/h6,10H,3-5H2,1-2H3. The summed E-state index contributed by atoms with van der Waals surface area (Å²) in [6.07, 6.45) is 0. The molecule has 0 amide bonds. The first-order valence-electron chi connectivity index (χ1n) is 3.79. The van der Waals surface area contributed by atoms with Crippen LogP contribution in [0.4, 0.5) is 8.78 Å². The van der Waals surface area contributed by atoms with E-state index in [4.69, 9.17) is 0 Å². The van der Waals surface area contributed by atoms with E-state index in [1.54, 1.807) is 4.90 Å². The molecule has 1 aliphatic rings. The topological polar surface area (TPSA) is 15.3 Å². The van der Waals surface area contributed by atoms with Gasteiger partial charge in [0.25, 0.3) is 5.92 Å². The van der Waals surface area contributed by atoms with Crippen molar-refractivity contribution in [2.24, 2.45) is 0 Å². The molecule has 1 rings (SSSR count). The van der Waals surface area contributed by atoms with Crippen molar-refractivity contribution in [3.8, 4) is 0 Å². The summed E-state index contributed by atoms with van der Waals surface area (Å²) in [4.78, 5) is 1.75. The first-order valence-corrected chi connectivity index (χ1v) is 3.79. The molecule has 0 bridgehead atoms. The molecule has 0 aromatic carbocycles. The molecule has 1 N–H and O–H groups in total. The van der Waals surface area contributed by atoms with Crippen LogP contribution in [0.5, 0.6) is 0 Å². The smallest absolute Gasteiger partial charge is 0.257 e. The molecular weight excluding hydrogens is 150 g/mol. The van der Waals surface area contributed by atoms with Gasteiger partial charge in [0.2, 0.25) is 0 Å². The van der Waals surface area contributed by atoms with Crippen molar-refractivity contribution in [3.05, 3.63) is 0 Å². The van der Waals surface area contributed by atoms with Gasteiger partial charge in [-0.25, -0.2) is 8.78 Å². The van der Waals surface area contributed by atoms with E-state index in [1.165, 1.54) is 0 Å². The van der Waals surface area contributed by atoms with Crippen LogP contribution in [-0.4, -0.2) is 43.5 Å². The van der Waals surface area contributed by atoms with Crippen LogP contribution in [0, 0.1) is 0 Å². The van der Waals surface area contributed by atoms with Crippen molar-refractivity contribution >= 4 is 0 Å². The maximum absolute atomic E-state index is 12.4. The van der Waals surface area contributed by atoms with Crippen molar-refractivity contribution in [1.29, 1.82) is 0 Å². The average Bonchev–Trinajstić information content (AvgIpc) is 1.75. The highest BCUT2D eigenvalue weighted by Gasteiger charge is 2.32. The highest BCUT2D eigenvalue weighted by Crippen LogP contribution is 2.17. The second-order valence-corrected chi connectivity index (χ2v) is 3.25. The normalized spacial score (nSPS) is 21.8. The maximum atomic E-state index is 12.4. The van der Waals surface area contributed by atoms with Gasteiger partial charge in [0, 0.05) is 26.1 Å². The quantitative estimate of drug-likeness (QED) is 0.655. The molecule has 0 aromatic heterocycles. The van der Waals surface area contributed by atoms with Gasteiger partial charge in [0.1, 0.15) is 0 Å². The highest BCUT2D eigenvalue weighted by molar-refractivity contribution is 4.86. The van der Waals surface area contributed by atoms with Crippen LogP contribution in [0.15, 0.2) is 0 Å². The van der Waals surface area contributed by atoms with Gasteiger partial charge in [-0.2, -0.15) is 0 Å². The van der Waals surface area contributed by atoms with E-state index in [0.29, 0.717) is 6.04 Å². The third kappa shape index (κ3) is 2.71. The Labute approximate surface area is 65.6 Å². The lowest BCUT2D eigenvalue weighted by molar-refractivity contribution is -0.0377. The van der Waals surface area contributed by atoms with Crippen molar-refractivity contribution in [2.75, 3.05) is 26.7 Å². The first-order chi connectivity index (χ1) is 5.01. The van der Waals surface area contributed by atoms with Crippen LogP contribution < -0.4 is 5.32 Å². The number of nitrogens with zero attached hydrogens (tertiary/aromatic N) is 1. The zero-order valence-electron chi connectivity index (χ0n) is 6.90. The second-order valence-electron chi connectivity index (χ2n) is 3.25. The molecule has 0 aliphatic carbocycles. The molecular formula is C7H14F2N2. The Balaban J connectivity index is 2.14. The molecule has 1 heterocycles. The van der Waals surface area contributed by atoms with Crippen molar-refractivity contribution in [2.45, 2.75) is 18.9 Å². The third-order valence-electron chi connectivity index (χ3n) is 1.87. The predicted octanol–water partition coefficient (Wildman–Crippen LogP) is 0.545. The Morgan fingerprint density at radius 3 is 2.45 bits per heavy atom. The molecule has 2 nitrogen and oxygen atoms in total. The molecule has 0 aromatic rings. The second kappa shape index (κ2) is 3.03. The van der Waals surface area contributed by atoms with E-state index >= 15 is 0 Å². The molecule has 1 fully saturated rings.